The van der Waals surface area contributed by atoms with Crippen LogP contribution in [0.3, 0.4) is 0 Å². The summed E-state index contributed by atoms with van der Waals surface area (Å²) < 4.78 is 38.0. The predicted octanol–water partition coefficient (Wildman–Crippen LogP) is 3.51. The van der Waals surface area contributed by atoms with Crippen molar-refractivity contribution in [3.05, 3.63) is 71.1 Å². The number of aromatic nitrogens is 1. The summed E-state index contributed by atoms with van der Waals surface area (Å²) >= 11 is 0. The van der Waals surface area contributed by atoms with Crippen LogP contribution in [0.2, 0.25) is 0 Å². The van der Waals surface area contributed by atoms with Gasteiger partial charge in [-0.3, -0.25) is 5.01 Å². The van der Waals surface area contributed by atoms with Crippen molar-refractivity contribution in [2.24, 2.45) is 0 Å². The van der Waals surface area contributed by atoms with Gasteiger partial charge in [0.25, 0.3) is 0 Å². The molecule has 0 saturated heterocycles. The van der Waals surface area contributed by atoms with Crippen molar-refractivity contribution < 1.29 is 18.0 Å². The van der Waals surface area contributed by atoms with E-state index in [9.17, 15) is 18.0 Å². The van der Waals surface area contributed by atoms with Gasteiger partial charge in [0.05, 0.1) is 5.56 Å². The largest absolute Gasteiger partial charge is 0.416 e. The van der Waals surface area contributed by atoms with Gasteiger partial charge in [0.2, 0.25) is 0 Å². The predicted molar refractivity (Wildman–Crippen MR) is 87.6 cm³/mol. The molecule has 0 radical (unpaired) electrons. The lowest BCUT2D eigenvalue weighted by Gasteiger charge is -2.23. The number of aldehydes is 1. The van der Waals surface area contributed by atoms with Crippen molar-refractivity contribution in [2.75, 3.05) is 5.01 Å². The standard InChI is InChI=1S/C18H16F3N3O/c1-12-15(10-13-5-7-14(8-6-13)18(19,20)21)16(11-25)24(23-12)17-4-2-3-9-22-17/h2-9,11,16,23H,10H2,1H3. The molecule has 1 aromatic carbocycles. The highest BCUT2D eigenvalue weighted by molar-refractivity contribution is 5.72. The highest BCUT2D eigenvalue weighted by Gasteiger charge is 2.32. The van der Waals surface area contributed by atoms with Crippen molar-refractivity contribution in [3.63, 3.8) is 0 Å². The normalized spacial score (nSPS) is 17.6. The number of rotatable bonds is 4. The minimum atomic E-state index is -4.36. The Bertz CT molecular complexity index is 785. The van der Waals surface area contributed by atoms with E-state index in [0.717, 1.165) is 29.7 Å². The average Bonchev–Trinajstić information content (AvgIpc) is 2.91. The van der Waals surface area contributed by atoms with E-state index < -0.39 is 17.8 Å². The summed E-state index contributed by atoms with van der Waals surface area (Å²) in [6.07, 6.45) is -1.55. The van der Waals surface area contributed by atoms with E-state index in [0.29, 0.717) is 17.8 Å². The van der Waals surface area contributed by atoms with Gasteiger partial charge in [0, 0.05) is 11.9 Å². The lowest BCUT2D eigenvalue weighted by Crippen LogP contribution is -2.41. The van der Waals surface area contributed by atoms with Crippen molar-refractivity contribution in [1.29, 1.82) is 0 Å². The summed E-state index contributed by atoms with van der Waals surface area (Å²) in [5, 5.41) is 1.65. The minimum absolute atomic E-state index is 0.379. The third kappa shape index (κ3) is 3.50. The molecule has 130 valence electrons. The molecule has 0 fully saturated rings. The van der Waals surface area contributed by atoms with Gasteiger partial charge in [-0.05, 0) is 48.7 Å². The number of anilines is 1. The average molecular weight is 347 g/mol. The molecule has 2 aromatic rings. The first-order valence-electron chi connectivity index (χ1n) is 7.68. The number of nitrogens with zero attached hydrogens (tertiary/aromatic N) is 2. The summed E-state index contributed by atoms with van der Waals surface area (Å²) in [4.78, 5) is 15.9. The molecular weight excluding hydrogens is 331 g/mol. The van der Waals surface area contributed by atoms with E-state index >= 15 is 0 Å². The van der Waals surface area contributed by atoms with Crippen molar-refractivity contribution in [2.45, 2.75) is 25.6 Å². The topological polar surface area (TPSA) is 45.2 Å². The Morgan fingerprint density at radius 2 is 1.92 bits per heavy atom. The molecule has 1 unspecified atom stereocenters. The molecule has 1 aromatic heterocycles. The summed E-state index contributed by atoms with van der Waals surface area (Å²) in [5.41, 5.74) is 4.74. The minimum Gasteiger partial charge on any atom is -0.301 e. The first-order chi connectivity index (χ1) is 11.9. The van der Waals surface area contributed by atoms with Gasteiger partial charge in [-0.25, -0.2) is 4.98 Å². The lowest BCUT2D eigenvalue weighted by molar-refractivity contribution is -0.137. The highest BCUT2D eigenvalue weighted by atomic mass is 19.4. The maximum absolute atomic E-state index is 12.7. The molecule has 0 aliphatic carbocycles. The molecule has 7 heteroatoms. The number of nitrogens with one attached hydrogen (secondary N) is 1. The van der Waals surface area contributed by atoms with Crippen LogP contribution in [0.4, 0.5) is 19.0 Å². The van der Waals surface area contributed by atoms with E-state index in [2.05, 4.69) is 10.4 Å². The third-order valence-corrected chi connectivity index (χ3v) is 4.11. The van der Waals surface area contributed by atoms with Crippen molar-refractivity contribution in [3.8, 4) is 0 Å². The summed E-state index contributed by atoms with van der Waals surface area (Å²) in [7, 11) is 0. The Morgan fingerprint density at radius 3 is 2.48 bits per heavy atom. The number of alkyl halides is 3. The van der Waals surface area contributed by atoms with Crippen molar-refractivity contribution >= 4 is 12.1 Å². The number of carbonyl (C=O) groups is 1. The Balaban J connectivity index is 1.82. The molecule has 0 spiro atoms. The zero-order valence-corrected chi connectivity index (χ0v) is 13.4. The van der Waals surface area contributed by atoms with E-state index in [1.807, 2.05) is 13.0 Å². The number of hydrogen-bond donors (Lipinski definition) is 1. The van der Waals surface area contributed by atoms with Gasteiger partial charge >= 0.3 is 6.18 Å². The number of carbonyl (C=O) groups excluding carboxylic acids is 1. The number of hydrazine groups is 1. The van der Waals surface area contributed by atoms with Crippen LogP contribution in [0, 0.1) is 0 Å². The highest BCUT2D eigenvalue weighted by Crippen LogP contribution is 2.31. The number of benzene rings is 1. The van der Waals surface area contributed by atoms with E-state index in [4.69, 9.17) is 0 Å². The van der Waals surface area contributed by atoms with Gasteiger partial charge in [-0.15, -0.1) is 0 Å². The van der Waals surface area contributed by atoms with Crippen LogP contribution in [0.1, 0.15) is 18.1 Å². The maximum Gasteiger partial charge on any atom is 0.416 e. The number of halogens is 3. The van der Waals surface area contributed by atoms with E-state index in [1.165, 1.54) is 12.1 Å². The summed E-state index contributed by atoms with van der Waals surface area (Å²) in [6, 6.07) is 9.80. The molecule has 4 nitrogen and oxygen atoms in total. The zero-order valence-electron chi connectivity index (χ0n) is 13.4. The van der Waals surface area contributed by atoms with Crippen LogP contribution >= 0.6 is 0 Å². The molecule has 2 heterocycles. The van der Waals surface area contributed by atoms with E-state index in [-0.39, 0.29) is 0 Å². The van der Waals surface area contributed by atoms with Gasteiger partial charge < -0.3 is 10.2 Å². The Hall–Kier alpha value is -2.83. The van der Waals surface area contributed by atoms with Gasteiger partial charge in [-0.2, -0.15) is 13.2 Å². The summed E-state index contributed by atoms with van der Waals surface area (Å²) in [5.74, 6) is 0.598. The Morgan fingerprint density at radius 1 is 1.20 bits per heavy atom. The van der Waals surface area contributed by atoms with Crippen molar-refractivity contribution in [1.82, 2.24) is 10.4 Å². The fraction of sp³-hybridized carbons (Fsp3) is 0.222. The monoisotopic (exact) mass is 347 g/mol. The number of pyridine rings is 1. The molecule has 0 saturated carbocycles. The zero-order chi connectivity index (χ0) is 18.0. The SMILES string of the molecule is CC1=C(Cc2ccc(C(F)(F)F)cc2)C(C=O)N(c2ccccn2)N1. The number of hydrogen-bond acceptors (Lipinski definition) is 4. The second-order valence-electron chi connectivity index (χ2n) is 5.77. The second kappa shape index (κ2) is 6.58. The molecule has 25 heavy (non-hydrogen) atoms. The lowest BCUT2D eigenvalue weighted by atomic mass is 9.98. The van der Waals surface area contributed by atoms with Crippen LogP contribution in [0.15, 0.2) is 59.9 Å². The fourth-order valence-electron chi connectivity index (χ4n) is 2.81. The molecule has 1 N–H and O–H groups in total. The van der Waals surface area contributed by atoms with Crippen LogP contribution in [0.25, 0.3) is 0 Å². The molecule has 3 rings (SSSR count). The summed E-state index contributed by atoms with van der Waals surface area (Å²) in [6.45, 7) is 1.83. The quantitative estimate of drug-likeness (QED) is 0.860. The van der Waals surface area contributed by atoms with Gasteiger partial charge in [-0.1, -0.05) is 18.2 Å². The van der Waals surface area contributed by atoms with E-state index in [1.54, 1.807) is 23.3 Å². The first kappa shape index (κ1) is 17.0. The molecule has 1 atom stereocenters. The van der Waals surface area contributed by atoms with Gasteiger partial charge in [0.15, 0.2) is 0 Å². The molecule has 1 aliphatic rings. The smallest absolute Gasteiger partial charge is 0.301 e. The fourth-order valence-corrected chi connectivity index (χ4v) is 2.81. The van der Waals surface area contributed by atoms with Crippen LogP contribution in [-0.4, -0.2) is 17.3 Å². The molecule has 0 amide bonds. The Kier molecular flexibility index (Phi) is 4.48. The third-order valence-electron chi connectivity index (χ3n) is 4.11. The van der Waals surface area contributed by atoms with Crippen LogP contribution in [0.5, 0.6) is 0 Å². The first-order valence-corrected chi connectivity index (χ1v) is 7.68. The van der Waals surface area contributed by atoms with Crippen LogP contribution < -0.4 is 10.4 Å². The molecular formula is C18H16F3N3O. The Labute approximate surface area is 143 Å². The maximum atomic E-state index is 12.7. The van der Waals surface area contributed by atoms with Gasteiger partial charge in [0.1, 0.15) is 18.1 Å². The molecule has 1 aliphatic heterocycles. The number of allylic oxidation sites excluding steroid dienone is 1. The second-order valence-corrected chi connectivity index (χ2v) is 5.77. The molecule has 0 bridgehead atoms. The van der Waals surface area contributed by atoms with Crippen LogP contribution in [-0.2, 0) is 17.4 Å².